The molecule has 24 heteroatoms. The number of benzene rings is 4. The van der Waals surface area contributed by atoms with Crippen LogP contribution in [0.25, 0.3) is 0 Å². The van der Waals surface area contributed by atoms with Crippen molar-refractivity contribution in [2.75, 3.05) is 7.11 Å². The number of carboxylic acids is 1. The second-order valence-corrected chi connectivity index (χ2v) is 16.2. The maximum Gasteiger partial charge on any atom is 1.00 e. The van der Waals surface area contributed by atoms with Crippen molar-refractivity contribution in [3.8, 4) is 0 Å². The van der Waals surface area contributed by atoms with E-state index in [9.17, 15) is 76.2 Å². The van der Waals surface area contributed by atoms with Crippen molar-refractivity contribution >= 4 is 58.9 Å². The molecule has 4 aromatic carbocycles. The Balaban J connectivity index is 0.000000355. The number of esters is 1. The molecule has 7 nitrogen and oxygen atoms in total. The average molecular weight is 1030 g/mol. The van der Waals surface area contributed by atoms with Gasteiger partial charge >= 0.3 is 66.8 Å². The fourth-order valence-electron chi connectivity index (χ4n) is 7.64. The van der Waals surface area contributed by atoms with E-state index < -0.39 is 65.0 Å². The number of carbonyl (C=O) groups excluding carboxylic acids is 1. The van der Waals surface area contributed by atoms with Gasteiger partial charge in [0.25, 0.3) is 0 Å². The molecular formula is C45H35Cl2F14LiN2O5+2. The van der Waals surface area contributed by atoms with Crippen molar-refractivity contribution in [2.24, 2.45) is 0 Å². The molecule has 0 fully saturated rings. The first-order chi connectivity index (χ1) is 30.7. The number of halogens is 16. The Labute approximate surface area is 405 Å². The van der Waals surface area contributed by atoms with Gasteiger partial charge in [-0.3, -0.25) is 0 Å². The van der Waals surface area contributed by atoms with Gasteiger partial charge in [-0.05, 0) is 99.5 Å². The molecule has 2 aliphatic rings. The zero-order chi connectivity index (χ0) is 50.6. The summed E-state index contributed by atoms with van der Waals surface area (Å²) in [7, 11) is 1.20. The minimum absolute atomic E-state index is 0. The predicted octanol–water partition coefficient (Wildman–Crippen LogP) is 10.9. The number of allylic oxidation sites excluding steroid dienone is 2. The smallest absolute Gasteiger partial charge is 0.870 e. The zero-order valence-electron chi connectivity index (χ0n) is 36.5. The van der Waals surface area contributed by atoms with Gasteiger partial charge in [0.15, 0.2) is 24.8 Å². The molecule has 0 aromatic heterocycles. The van der Waals surface area contributed by atoms with Crippen LogP contribution in [0.3, 0.4) is 0 Å². The SMILES string of the molecule is COC(=O)c1cc(C2C=C[N+](c3c(C)cc(C(F)(C(F)(F)F)C(F)(F)F)cc3C)=C2)ccc1Cl.Cc1cc(C(F)(C(F)(F)F)C(F)(F)F)cc(C)c1[N+]1=CC(c2ccc(Cl)c(C(=O)O)c2)C=C1.[Li+].[OH-]. The van der Waals surface area contributed by atoms with Gasteiger partial charge in [0.05, 0.1) is 40.1 Å². The quantitative estimate of drug-likeness (QED) is 0.0820. The second-order valence-electron chi connectivity index (χ2n) is 15.3. The minimum atomic E-state index is -6.20. The van der Waals surface area contributed by atoms with Gasteiger partial charge in [-0.1, -0.05) is 35.3 Å². The predicted molar refractivity (Wildman–Crippen MR) is 220 cm³/mol. The molecule has 4 aromatic rings. The van der Waals surface area contributed by atoms with Crippen LogP contribution in [0.2, 0.25) is 10.0 Å². The number of methoxy groups -OCH3 is 1. The van der Waals surface area contributed by atoms with E-state index in [0.29, 0.717) is 41.1 Å². The van der Waals surface area contributed by atoms with Crippen molar-refractivity contribution in [1.29, 1.82) is 0 Å². The number of rotatable bonds is 8. The van der Waals surface area contributed by atoms with E-state index in [2.05, 4.69) is 0 Å². The van der Waals surface area contributed by atoms with E-state index in [1.54, 1.807) is 42.9 Å². The molecule has 0 radical (unpaired) electrons. The second kappa shape index (κ2) is 20.6. The molecule has 0 amide bonds. The maximum atomic E-state index is 14.5. The Hall–Kier alpha value is -5.20. The Bertz CT molecular complexity index is 2690. The third-order valence-electron chi connectivity index (χ3n) is 10.8. The van der Waals surface area contributed by atoms with Crippen LogP contribution in [0.15, 0.2) is 85.2 Å². The van der Waals surface area contributed by atoms with Gasteiger partial charge in [-0.25, -0.2) is 18.4 Å². The van der Waals surface area contributed by atoms with Gasteiger partial charge in [0.2, 0.25) is 11.4 Å². The standard InChI is InChI=1S/C23H18ClF7NO2.C22H15ClF7NO2.Li.H2O/c1-12-8-16(21(25,22(26,27)28)23(29,30)31)9-13(2)19(12)32-7-6-15(11-32)14-4-5-18(24)17(10-14)20(33)34-3;1-11-7-15(20(24,21(25,26)27)22(28,29)30)8-12(2)18(11)31-6-5-14(10-31)13-3-4-17(23)16(9-13)19(32)33;;/h4-11,15H,1-3H3;3-10,14H,1-2H3;;1H2/q+1;;+1;. The fourth-order valence-corrected chi connectivity index (χ4v) is 8.03. The molecule has 2 heterocycles. The third kappa shape index (κ3) is 11.1. The third-order valence-corrected chi connectivity index (χ3v) is 11.5. The largest absolute Gasteiger partial charge is 1.00 e. The molecular weight excluding hydrogens is 992 g/mol. The van der Waals surface area contributed by atoms with Crippen LogP contribution < -0.4 is 18.9 Å². The number of hydrogen-bond donors (Lipinski definition) is 1. The first-order valence-corrected chi connectivity index (χ1v) is 19.9. The number of carboxylic acid groups (broad SMARTS) is 1. The Morgan fingerprint density at radius 2 is 0.855 bits per heavy atom. The van der Waals surface area contributed by atoms with E-state index in [-0.39, 0.29) is 79.4 Å². The van der Waals surface area contributed by atoms with E-state index in [4.69, 9.17) is 27.9 Å². The topological polar surface area (TPSA) is 99.6 Å². The van der Waals surface area contributed by atoms with Crippen molar-refractivity contribution in [1.82, 2.24) is 0 Å². The summed E-state index contributed by atoms with van der Waals surface area (Å²) >= 11 is 11.9. The molecule has 0 saturated carbocycles. The summed E-state index contributed by atoms with van der Waals surface area (Å²) in [6, 6.07) is 11.2. The van der Waals surface area contributed by atoms with E-state index in [1.807, 2.05) is 0 Å². The Kier molecular flexibility index (Phi) is 17.4. The van der Waals surface area contributed by atoms with E-state index in [0.717, 1.165) is 0 Å². The summed E-state index contributed by atoms with van der Waals surface area (Å²) in [5.74, 6) is -2.70. The first-order valence-electron chi connectivity index (χ1n) is 19.1. The van der Waals surface area contributed by atoms with Gasteiger partial charge in [0.1, 0.15) is 0 Å². The van der Waals surface area contributed by atoms with Crippen molar-refractivity contribution in [3.63, 3.8) is 0 Å². The van der Waals surface area contributed by atoms with Crippen molar-refractivity contribution < 1.29 is 114 Å². The average Bonchev–Trinajstić information content (AvgIpc) is 3.89. The van der Waals surface area contributed by atoms with Crippen LogP contribution in [0, 0.1) is 27.7 Å². The number of carbonyl (C=O) groups is 2. The first kappa shape index (κ1) is 58.1. The van der Waals surface area contributed by atoms with Crippen LogP contribution in [-0.4, -0.2) is 75.9 Å². The molecule has 0 aliphatic carbocycles. The van der Waals surface area contributed by atoms with Gasteiger partial charge in [0, 0.05) is 33.4 Å². The summed E-state index contributed by atoms with van der Waals surface area (Å²) in [4.78, 5) is 23.2. The molecule has 6 rings (SSSR count). The number of alkyl halides is 14. The minimum Gasteiger partial charge on any atom is -0.870 e. The van der Waals surface area contributed by atoms with Gasteiger partial charge in [-0.2, -0.15) is 61.8 Å². The van der Waals surface area contributed by atoms with Crippen molar-refractivity contribution in [3.05, 3.63) is 151 Å². The van der Waals surface area contributed by atoms with Gasteiger partial charge in [-0.15, -0.1) is 0 Å². The number of hydrogen-bond acceptors (Lipinski definition) is 4. The molecule has 0 spiro atoms. The zero-order valence-corrected chi connectivity index (χ0v) is 38.0. The fraction of sp³-hybridized carbons (Fsp3) is 0.289. The molecule has 69 heavy (non-hydrogen) atoms. The summed E-state index contributed by atoms with van der Waals surface area (Å²) in [6.45, 7) is 5.15. The summed E-state index contributed by atoms with van der Waals surface area (Å²) < 4.78 is 195. The summed E-state index contributed by atoms with van der Waals surface area (Å²) in [5.41, 5.74) is -12.3. The van der Waals surface area contributed by atoms with E-state index in [1.165, 1.54) is 74.4 Å². The summed E-state index contributed by atoms with van der Waals surface area (Å²) in [5, 5.41) is 9.45. The van der Waals surface area contributed by atoms with Crippen LogP contribution in [0.1, 0.15) is 77.1 Å². The molecule has 2 N–H and O–H groups in total. The van der Waals surface area contributed by atoms with E-state index >= 15 is 0 Å². The molecule has 0 saturated heterocycles. The Morgan fingerprint density at radius 1 is 0.551 bits per heavy atom. The number of aryl methyl sites for hydroxylation is 4. The number of ether oxygens (including phenoxy) is 1. The van der Waals surface area contributed by atoms with Crippen LogP contribution >= 0.6 is 23.2 Å². The van der Waals surface area contributed by atoms with Crippen LogP contribution in [0.4, 0.5) is 72.8 Å². The monoisotopic (exact) mass is 1030 g/mol. The number of aromatic carboxylic acids is 1. The molecule has 2 aliphatic heterocycles. The molecule has 2 atom stereocenters. The van der Waals surface area contributed by atoms with Crippen molar-refractivity contribution in [2.45, 2.75) is 75.6 Å². The normalized spacial score (nSPS) is 16.2. The molecule has 366 valence electrons. The molecule has 2 unspecified atom stereocenters. The van der Waals surface area contributed by atoms with Gasteiger partial charge < -0.3 is 15.3 Å². The van der Waals surface area contributed by atoms with Crippen LogP contribution in [0.5, 0.6) is 0 Å². The summed E-state index contributed by atoms with van der Waals surface area (Å²) in [6.07, 6.45) is -15.1. The molecule has 0 bridgehead atoms. The number of nitrogens with zero attached hydrogens (tertiary/aromatic N) is 2. The Morgan fingerprint density at radius 3 is 1.14 bits per heavy atom. The maximum absolute atomic E-state index is 14.5. The van der Waals surface area contributed by atoms with Crippen LogP contribution in [-0.2, 0) is 16.1 Å².